The molecular formula is C16H10ClN3O4. The number of hydrogen-bond acceptors (Lipinski definition) is 5. The minimum absolute atomic E-state index is 0.234. The number of amides is 1. The van der Waals surface area contributed by atoms with Gasteiger partial charge in [0.15, 0.2) is 5.75 Å². The Morgan fingerprint density at radius 2 is 2.08 bits per heavy atom. The average Bonchev–Trinajstić information content (AvgIpc) is 2.53. The van der Waals surface area contributed by atoms with E-state index in [4.69, 9.17) is 16.9 Å². The van der Waals surface area contributed by atoms with Crippen molar-refractivity contribution in [2.24, 2.45) is 0 Å². The first-order valence-electron chi connectivity index (χ1n) is 6.57. The number of rotatable bonds is 4. The summed E-state index contributed by atoms with van der Waals surface area (Å²) < 4.78 is 0. The predicted octanol–water partition coefficient (Wildman–Crippen LogP) is 3.50. The smallest absolute Gasteiger partial charge is 0.311 e. The highest BCUT2D eigenvalue weighted by molar-refractivity contribution is 6.31. The summed E-state index contributed by atoms with van der Waals surface area (Å²) in [6.07, 6.45) is 1.19. The highest BCUT2D eigenvalue weighted by Crippen LogP contribution is 2.27. The van der Waals surface area contributed by atoms with Crippen LogP contribution in [0.4, 0.5) is 11.4 Å². The third-order valence-electron chi connectivity index (χ3n) is 2.95. The van der Waals surface area contributed by atoms with Gasteiger partial charge in [-0.15, -0.1) is 0 Å². The van der Waals surface area contributed by atoms with Gasteiger partial charge in [0.1, 0.15) is 11.6 Å². The van der Waals surface area contributed by atoms with Crippen LogP contribution in [0.5, 0.6) is 5.75 Å². The summed E-state index contributed by atoms with van der Waals surface area (Å²) in [4.78, 5) is 22.2. The molecule has 2 aromatic rings. The summed E-state index contributed by atoms with van der Waals surface area (Å²) >= 11 is 5.81. The lowest BCUT2D eigenvalue weighted by atomic mass is 10.1. The number of carbonyl (C=O) groups excluding carboxylic acids is 1. The Morgan fingerprint density at radius 3 is 2.71 bits per heavy atom. The second kappa shape index (κ2) is 7.26. The topological polar surface area (TPSA) is 116 Å². The molecule has 0 aliphatic carbocycles. The summed E-state index contributed by atoms with van der Waals surface area (Å²) in [5, 5.41) is 32.3. The summed E-state index contributed by atoms with van der Waals surface area (Å²) in [6.45, 7) is 0. The maximum atomic E-state index is 12.1. The number of nitrogens with zero attached hydrogens (tertiary/aromatic N) is 2. The molecule has 1 amide bonds. The van der Waals surface area contributed by atoms with E-state index in [0.29, 0.717) is 10.7 Å². The maximum absolute atomic E-state index is 12.1. The van der Waals surface area contributed by atoms with Crippen LogP contribution in [0.25, 0.3) is 6.08 Å². The van der Waals surface area contributed by atoms with Crippen LogP contribution >= 0.6 is 11.6 Å². The SMILES string of the molecule is N#CC(=Cc1ccc(O)c([N+](=O)[O-])c1)C(=O)Nc1cccc(Cl)c1. The first kappa shape index (κ1) is 17.0. The fourth-order valence-electron chi connectivity index (χ4n) is 1.86. The number of aromatic hydroxyl groups is 1. The lowest BCUT2D eigenvalue weighted by Crippen LogP contribution is -2.13. The number of phenols is 1. The lowest BCUT2D eigenvalue weighted by molar-refractivity contribution is -0.385. The average molecular weight is 344 g/mol. The molecule has 0 unspecified atom stereocenters. The predicted molar refractivity (Wildman–Crippen MR) is 88.4 cm³/mol. The van der Waals surface area contributed by atoms with Crippen LogP contribution in [-0.4, -0.2) is 15.9 Å². The van der Waals surface area contributed by atoms with Crippen LogP contribution in [-0.2, 0) is 4.79 Å². The van der Waals surface area contributed by atoms with Gasteiger partial charge in [0.05, 0.1) is 4.92 Å². The second-order valence-electron chi connectivity index (χ2n) is 4.64. The Balaban J connectivity index is 2.29. The van der Waals surface area contributed by atoms with E-state index in [0.717, 1.165) is 12.1 Å². The number of carbonyl (C=O) groups is 1. The Bertz CT molecular complexity index is 887. The van der Waals surface area contributed by atoms with E-state index in [1.807, 2.05) is 0 Å². The lowest BCUT2D eigenvalue weighted by Gasteiger charge is -2.05. The fourth-order valence-corrected chi connectivity index (χ4v) is 2.05. The minimum atomic E-state index is -0.759. The largest absolute Gasteiger partial charge is 0.502 e. The molecule has 0 aliphatic rings. The molecule has 0 saturated heterocycles. The monoisotopic (exact) mass is 343 g/mol. The summed E-state index contributed by atoms with van der Waals surface area (Å²) in [6, 6.07) is 11.7. The zero-order valence-corrected chi connectivity index (χ0v) is 12.8. The normalized spacial score (nSPS) is 10.8. The van der Waals surface area contributed by atoms with Crippen LogP contribution in [0.15, 0.2) is 48.0 Å². The van der Waals surface area contributed by atoms with E-state index >= 15 is 0 Å². The zero-order chi connectivity index (χ0) is 17.7. The molecule has 0 atom stereocenters. The molecule has 0 fully saturated rings. The fraction of sp³-hybridized carbons (Fsp3) is 0. The van der Waals surface area contributed by atoms with Crippen LogP contribution in [0.3, 0.4) is 0 Å². The molecule has 0 spiro atoms. The third-order valence-corrected chi connectivity index (χ3v) is 3.19. The molecular weight excluding hydrogens is 334 g/mol. The number of nitriles is 1. The van der Waals surface area contributed by atoms with Gasteiger partial charge in [-0.1, -0.05) is 23.7 Å². The molecule has 24 heavy (non-hydrogen) atoms. The van der Waals surface area contributed by atoms with Crippen LogP contribution in [0.2, 0.25) is 5.02 Å². The van der Waals surface area contributed by atoms with Crippen LogP contribution in [0.1, 0.15) is 5.56 Å². The van der Waals surface area contributed by atoms with Crippen LogP contribution in [0, 0.1) is 21.4 Å². The minimum Gasteiger partial charge on any atom is -0.502 e. The van der Waals surface area contributed by atoms with Gasteiger partial charge in [-0.25, -0.2) is 0 Å². The van der Waals surface area contributed by atoms with Crippen molar-refractivity contribution in [3.8, 4) is 11.8 Å². The maximum Gasteiger partial charge on any atom is 0.311 e. The number of benzene rings is 2. The van der Waals surface area contributed by atoms with Crippen molar-refractivity contribution in [2.45, 2.75) is 0 Å². The second-order valence-corrected chi connectivity index (χ2v) is 5.08. The van der Waals surface area contributed by atoms with Gasteiger partial charge in [0.25, 0.3) is 5.91 Å². The number of nitrogens with one attached hydrogen (secondary N) is 1. The Morgan fingerprint density at radius 1 is 1.33 bits per heavy atom. The molecule has 8 heteroatoms. The van der Waals surface area contributed by atoms with Gasteiger partial charge in [-0.05, 0) is 35.9 Å². The molecule has 0 radical (unpaired) electrons. The molecule has 0 aromatic heterocycles. The van der Waals surface area contributed by atoms with E-state index in [2.05, 4.69) is 5.32 Å². The number of nitro groups is 1. The van der Waals surface area contributed by atoms with Gasteiger partial charge in [-0.3, -0.25) is 14.9 Å². The highest BCUT2D eigenvalue weighted by atomic mass is 35.5. The van der Waals surface area contributed by atoms with E-state index in [-0.39, 0.29) is 11.1 Å². The van der Waals surface area contributed by atoms with Gasteiger partial charge in [0.2, 0.25) is 0 Å². The molecule has 2 aromatic carbocycles. The van der Waals surface area contributed by atoms with Gasteiger partial charge < -0.3 is 10.4 Å². The van der Waals surface area contributed by atoms with Crippen molar-refractivity contribution in [1.82, 2.24) is 0 Å². The van der Waals surface area contributed by atoms with Crippen molar-refractivity contribution in [3.63, 3.8) is 0 Å². The summed E-state index contributed by atoms with van der Waals surface area (Å²) in [7, 11) is 0. The third kappa shape index (κ3) is 4.09. The standard InChI is InChI=1S/C16H10ClN3O4/c17-12-2-1-3-13(8-12)19-16(22)11(9-18)6-10-4-5-15(21)14(7-10)20(23)24/h1-8,21H,(H,19,22). The molecule has 120 valence electrons. The van der Waals surface area contributed by atoms with Gasteiger partial charge in [-0.2, -0.15) is 5.26 Å². The molecule has 7 nitrogen and oxygen atoms in total. The molecule has 0 heterocycles. The molecule has 0 bridgehead atoms. The Hall–Kier alpha value is -3.37. The first-order valence-corrected chi connectivity index (χ1v) is 6.94. The molecule has 0 aliphatic heterocycles. The molecule has 2 N–H and O–H groups in total. The van der Waals surface area contributed by atoms with Gasteiger partial charge in [0, 0.05) is 16.8 Å². The van der Waals surface area contributed by atoms with Crippen molar-refractivity contribution in [2.75, 3.05) is 5.32 Å². The zero-order valence-electron chi connectivity index (χ0n) is 12.1. The highest BCUT2D eigenvalue weighted by Gasteiger charge is 2.15. The number of nitro benzene ring substituents is 1. The number of phenolic OH excluding ortho intramolecular Hbond substituents is 1. The molecule has 0 saturated carbocycles. The quantitative estimate of drug-likeness (QED) is 0.381. The Labute approximate surface area is 141 Å². The number of anilines is 1. The number of hydrogen-bond donors (Lipinski definition) is 2. The molecule has 2 rings (SSSR count). The van der Waals surface area contributed by atoms with Crippen molar-refractivity contribution in [3.05, 3.63) is 68.7 Å². The summed E-state index contributed by atoms with van der Waals surface area (Å²) in [5.41, 5.74) is -0.131. The van der Waals surface area contributed by atoms with Crippen molar-refractivity contribution in [1.29, 1.82) is 5.26 Å². The van der Waals surface area contributed by atoms with Crippen molar-refractivity contribution < 1.29 is 14.8 Å². The van der Waals surface area contributed by atoms with E-state index in [1.54, 1.807) is 24.3 Å². The summed E-state index contributed by atoms with van der Waals surface area (Å²) in [5.74, 6) is -1.19. The number of halogens is 1. The van der Waals surface area contributed by atoms with Crippen molar-refractivity contribution >= 4 is 35.0 Å². The van der Waals surface area contributed by atoms with Gasteiger partial charge >= 0.3 is 5.69 Å². The Kier molecular flexibility index (Phi) is 5.14. The van der Waals surface area contributed by atoms with E-state index < -0.39 is 22.3 Å². The van der Waals surface area contributed by atoms with E-state index in [9.17, 15) is 20.0 Å². The van der Waals surface area contributed by atoms with E-state index in [1.165, 1.54) is 18.2 Å². The van der Waals surface area contributed by atoms with Crippen LogP contribution < -0.4 is 5.32 Å². The first-order chi connectivity index (χ1) is 11.4.